The molecule has 0 saturated heterocycles. The van der Waals surface area contributed by atoms with Crippen LogP contribution in [-0.4, -0.2) is 18.1 Å². The first-order valence-corrected chi connectivity index (χ1v) is 7.29. The fraction of sp³-hybridized carbons (Fsp3) is 0.688. The molecule has 0 aromatic carbocycles. The third-order valence-electron chi connectivity index (χ3n) is 4.67. The zero-order chi connectivity index (χ0) is 13.0. The van der Waals surface area contributed by atoms with E-state index in [1.54, 1.807) is 0 Å². The van der Waals surface area contributed by atoms with E-state index in [1.807, 2.05) is 12.4 Å². The van der Waals surface area contributed by atoms with Crippen molar-refractivity contribution in [3.63, 3.8) is 0 Å². The summed E-state index contributed by atoms with van der Waals surface area (Å²) in [5, 5.41) is 3.56. The zero-order valence-electron chi connectivity index (χ0n) is 11.9. The Morgan fingerprint density at radius 3 is 2.33 bits per heavy atom. The molecule has 0 radical (unpaired) electrons. The van der Waals surface area contributed by atoms with Gasteiger partial charge in [0, 0.05) is 18.4 Å². The van der Waals surface area contributed by atoms with Gasteiger partial charge in [0.05, 0.1) is 0 Å². The van der Waals surface area contributed by atoms with Crippen LogP contribution in [0.3, 0.4) is 0 Å². The van der Waals surface area contributed by atoms with Crippen LogP contribution in [0.2, 0.25) is 0 Å². The van der Waals surface area contributed by atoms with Gasteiger partial charge in [0.15, 0.2) is 0 Å². The lowest BCUT2D eigenvalue weighted by Gasteiger charge is -2.36. The number of hydrogen-bond acceptors (Lipinski definition) is 2. The summed E-state index contributed by atoms with van der Waals surface area (Å²) in [6.45, 7) is 4.73. The maximum atomic E-state index is 4.11. The molecule has 2 unspecified atom stereocenters. The zero-order valence-corrected chi connectivity index (χ0v) is 11.9. The van der Waals surface area contributed by atoms with Crippen molar-refractivity contribution in [1.29, 1.82) is 0 Å². The largest absolute Gasteiger partial charge is 0.316 e. The molecule has 2 rings (SSSR count). The third kappa shape index (κ3) is 3.11. The molecule has 1 aliphatic carbocycles. The lowest BCUT2D eigenvalue weighted by Crippen LogP contribution is -2.39. The molecule has 2 heteroatoms. The van der Waals surface area contributed by atoms with E-state index in [9.17, 15) is 0 Å². The molecule has 1 aromatic heterocycles. The molecule has 1 heterocycles. The van der Waals surface area contributed by atoms with Crippen LogP contribution in [-0.2, 0) is 0 Å². The topological polar surface area (TPSA) is 24.9 Å². The molecular weight excluding hydrogens is 220 g/mol. The summed E-state index contributed by atoms with van der Waals surface area (Å²) >= 11 is 0. The predicted octanol–water partition coefficient (Wildman–Crippen LogP) is 3.60. The van der Waals surface area contributed by atoms with Gasteiger partial charge in [0.1, 0.15) is 0 Å². The molecule has 0 aliphatic heterocycles. The van der Waals surface area contributed by atoms with Crippen molar-refractivity contribution >= 4 is 0 Å². The molecule has 2 atom stereocenters. The molecule has 0 bridgehead atoms. The Morgan fingerprint density at radius 2 is 1.78 bits per heavy atom. The van der Waals surface area contributed by atoms with Gasteiger partial charge < -0.3 is 5.32 Å². The van der Waals surface area contributed by atoms with Crippen LogP contribution in [0.25, 0.3) is 0 Å². The molecule has 2 nitrogen and oxygen atoms in total. The fourth-order valence-electron chi connectivity index (χ4n) is 3.41. The molecule has 1 fully saturated rings. The Kier molecular flexibility index (Phi) is 4.76. The summed E-state index contributed by atoms with van der Waals surface area (Å²) < 4.78 is 0. The van der Waals surface area contributed by atoms with E-state index in [0.29, 0.717) is 12.0 Å². The van der Waals surface area contributed by atoms with Crippen molar-refractivity contribution in [2.24, 2.45) is 11.8 Å². The van der Waals surface area contributed by atoms with Gasteiger partial charge in [-0.25, -0.2) is 0 Å². The van der Waals surface area contributed by atoms with E-state index in [1.165, 1.54) is 31.2 Å². The molecule has 100 valence electrons. The number of likely N-dealkylation sites (N-methyl/N-ethyl adjacent to an activating group) is 1. The van der Waals surface area contributed by atoms with Crippen LogP contribution in [0, 0.1) is 11.8 Å². The van der Waals surface area contributed by atoms with Crippen LogP contribution >= 0.6 is 0 Å². The maximum Gasteiger partial charge on any atom is 0.0270 e. The van der Waals surface area contributed by atoms with Gasteiger partial charge >= 0.3 is 0 Å². The number of hydrogen-bond donors (Lipinski definition) is 1. The fourth-order valence-corrected chi connectivity index (χ4v) is 3.41. The van der Waals surface area contributed by atoms with Crippen molar-refractivity contribution in [3.05, 3.63) is 30.1 Å². The number of pyridine rings is 1. The van der Waals surface area contributed by atoms with E-state index in [0.717, 1.165) is 11.8 Å². The summed E-state index contributed by atoms with van der Waals surface area (Å²) in [4.78, 5) is 4.11. The Morgan fingerprint density at radius 1 is 1.17 bits per heavy atom. The average molecular weight is 246 g/mol. The molecule has 0 amide bonds. The summed E-state index contributed by atoms with van der Waals surface area (Å²) in [5.41, 5.74) is 1.41. The quantitative estimate of drug-likeness (QED) is 0.878. The maximum absolute atomic E-state index is 4.11. The summed E-state index contributed by atoms with van der Waals surface area (Å²) in [7, 11) is 2.11. The smallest absolute Gasteiger partial charge is 0.0270 e. The van der Waals surface area contributed by atoms with E-state index in [-0.39, 0.29) is 0 Å². The highest BCUT2D eigenvalue weighted by molar-refractivity contribution is 5.17. The molecule has 1 aliphatic rings. The highest BCUT2D eigenvalue weighted by atomic mass is 14.9. The lowest BCUT2D eigenvalue weighted by molar-refractivity contribution is 0.219. The van der Waals surface area contributed by atoms with Crippen molar-refractivity contribution in [2.45, 2.75) is 51.5 Å². The van der Waals surface area contributed by atoms with Crippen molar-refractivity contribution < 1.29 is 0 Å². The third-order valence-corrected chi connectivity index (χ3v) is 4.67. The first-order chi connectivity index (χ1) is 8.72. The Balaban J connectivity index is 2.04. The van der Waals surface area contributed by atoms with Crippen molar-refractivity contribution in [3.8, 4) is 0 Å². The molecule has 0 spiro atoms. The van der Waals surface area contributed by atoms with Gasteiger partial charge in [-0.1, -0.05) is 26.7 Å². The highest BCUT2D eigenvalue weighted by Gasteiger charge is 2.29. The minimum atomic E-state index is 0.566. The second-order valence-corrected chi connectivity index (χ2v) is 5.90. The van der Waals surface area contributed by atoms with Crippen LogP contribution in [0.1, 0.15) is 51.0 Å². The summed E-state index contributed by atoms with van der Waals surface area (Å²) in [6, 6.07) is 4.90. The Labute approximate surface area is 111 Å². The average Bonchev–Trinajstić information content (AvgIpc) is 2.42. The van der Waals surface area contributed by atoms with E-state index in [4.69, 9.17) is 0 Å². The van der Waals surface area contributed by atoms with Gasteiger partial charge in [0.2, 0.25) is 0 Å². The minimum Gasteiger partial charge on any atom is -0.316 e. The second kappa shape index (κ2) is 6.33. The standard InChI is InChI=1S/C16H26N2/c1-12-4-6-15(7-5-12)16(17-3)13(2)14-8-10-18-11-9-14/h8-13,15-17H,4-7H2,1-3H3. The molecular formula is C16H26N2. The molecule has 1 aromatic rings. The SMILES string of the molecule is CNC(C1CCC(C)CC1)C(C)c1ccncc1. The van der Waals surface area contributed by atoms with Crippen LogP contribution in [0.15, 0.2) is 24.5 Å². The lowest BCUT2D eigenvalue weighted by atomic mass is 9.74. The van der Waals surface area contributed by atoms with Gasteiger partial charge in [-0.2, -0.15) is 0 Å². The van der Waals surface area contributed by atoms with Crippen LogP contribution < -0.4 is 5.32 Å². The second-order valence-electron chi connectivity index (χ2n) is 5.90. The molecule has 18 heavy (non-hydrogen) atoms. The first kappa shape index (κ1) is 13.5. The van der Waals surface area contributed by atoms with Gasteiger partial charge in [-0.15, -0.1) is 0 Å². The van der Waals surface area contributed by atoms with Gasteiger partial charge in [0.25, 0.3) is 0 Å². The number of rotatable bonds is 4. The van der Waals surface area contributed by atoms with Crippen LogP contribution in [0.4, 0.5) is 0 Å². The minimum absolute atomic E-state index is 0.566. The molecule has 1 saturated carbocycles. The van der Waals surface area contributed by atoms with Crippen molar-refractivity contribution in [1.82, 2.24) is 10.3 Å². The van der Waals surface area contributed by atoms with E-state index in [2.05, 4.69) is 43.3 Å². The highest BCUT2D eigenvalue weighted by Crippen LogP contribution is 2.35. The summed E-state index contributed by atoms with van der Waals surface area (Å²) in [5.74, 6) is 2.32. The monoisotopic (exact) mass is 246 g/mol. The number of aromatic nitrogens is 1. The van der Waals surface area contributed by atoms with E-state index < -0.39 is 0 Å². The molecule has 1 N–H and O–H groups in total. The Hall–Kier alpha value is -0.890. The van der Waals surface area contributed by atoms with E-state index >= 15 is 0 Å². The first-order valence-electron chi connectivity index (χ1n) is 7.29. The summed E-state index contributed by atoms with van der Waals surface area (Å²) in [6.07, 6.45) is 9.35. The Bertz CT molecular complexity index is 341. The van der Waals surface area contributed by atoms with Crippen LogP contribution in [0.5, 0.6) is 0 Å². The number of nitrogens with one attached hydrogen (secondary N) is 1. The van der Waals surface area contributed by atoms with Gasteiger partial charge in [-0.05, 0) is 55.3 Å². The predicted molar refractivity (Wildman–Crippen MR) is 76.6 cm³/mol. The normalized spacial score (nSPS) is 27.7. The number of nitrogens with zero attached hydrogens (tertiary/aromatic N) is 1. The van der Waals surface area contributed by atoms with Gasteiger partial charge in [-0.3, -0.25) is 4.98 Å². The van der Waals surface area contributed by atoms with Crippen molar-refractivity contribution in [2.75, 3.05) is 7.05 Å².